The smallest absolute Gasteiger partial charge is 0.316 e. The lowest BCUT2D eigenvalue weighted by Crippen LogP contribution is -1.82. The molecule has 0 bridgehead atoms. The van der Waals surface area contributed by atoms with Crippen molar-refractivity contribution in [3.8, 4) is 0 Å². The molecule has 1 nitrogen and oxygen atoms in total. The molecule has 0 spiro atoms. The van der Waals surface area contributed by atoms with Crippen molar-refractivity contribution < 1.29 is 4.74 Å². The van der Waals surface area contributed by atoms with E-state index in [-0.39, 0.29) is 35.3 Å². The van der Waals surface area contributed by atoms with Crippen LogP contribution >= 0.6 is 0 Å². The van der Waals surface area contributed by atoms with Crippen LogP contribution in [0.5, 0.6) is 0 Å². The second-order valence-electron chi connectivity index (χ2n) is 3.80. The maximum absolute atomic E-state index is 5.69. The molecule has 1 fully saturated rings. The predicted octanol–water partition coefficient (Wildman–Crippen LogP) is 2.58. The maximum atomic E-state index is 5.69. The molecule has 2 heteroatoms. The molecule has 0 radical (unpaired) electrons. The van der Waals surface area contributed by atoms with E-state index < -0.39 is 0 Å². The highest BCUT2D eigenvalue weighted by Gasteiger charge is 2.40. The van der Waals surface area contributed by atoms with Crippen LogP contribution < -0.4 is 0 Å². The number of epoxide rings is 1. The zero-order chi connectivity index (χ0) is 10.1. The summed E-state index contributed by atoms with van der Waals surface area (Å²) in [5.41, 5.74) is 2.54. The van der Waals surface area contributed by atoms with Crippen LogP contribution in [-0.4, -0.2) is 23.1 Å². The fraction of sp³-hybridized carbons (Fsp3) is 0.143. The number of hydrogen-bond donors (Lipinski definition) is 0. The minimum absolute atomic E-state index is 0. The Morgan fingerprint density at radius 3 is 1.38 bits per heavy atom. The fourth-order valence-electron chi connectivity index (χ4n) is 1.90. The summed E-state index contributed by atoms with van der Waals surface area (Å²) < 4.78 is 5.69. The third-order valence-electron chi connectivity index (χ3n) is 2.75. The normalized spacial score (nSPS) is 22.2. The van der Waals surface area contributed by atoms with Crippen molar-refractivity contribution >= 4 is 23.1 Å². The van der Waals surface area contributed by atoms with Crippen molar-refractivity contribution in [1.29, 1.82) is 0 Å². The fourth-order valence-corrected chi connectivity index (χ4v) is 1.90. The minimum Gasteiger partial charge on any atom is -0.359 e. The molecule has 0 N–H and O–H groups in total. The first-order chi connectivity index (χ1) is 7.45. The first-order valence-corrected chi connectivity index (χ1v) is 5.20. The molecular formula is C14H14MgO. The lowest BCUT2D eigenvalue weighted by molar-refractivity contribution is 0.377. The zero-order valence-corrected chi connectivity index (χ0v) is 8.34. The van der Waals surface area contributed by atoms with Crippen molar-refractivity contribution in [3.63, 3.8) is 0 Å². The Labute approximate surface area is 112 Å². The van der Waals surface area contributed by atoms with E-state index >= 15 is 0 Å². The molecule has 0 amide bonds. The van der Waals surface area contributed by atoms with Crippen LogP contribution in [0.3, 0.4) is 0 Å². The Kier molecular flexibility index (Phi) is 3.64. The second kappa shape index (κ2) is 5.00. The molecule has 3 rings (SSSR count). The van der Waals surface area contributed by atoms with E-state index in [2.05, 4.69) is 48.5 Å². The summed E-state index contributed by atoms with van der Waals surface area (Å²) in [7, 11) is 0. The zero-order valence-electron chi connectivity index (χ0n) is 8.34. The molecule has 1 saturated heterocycles. The third-order valence-corrected chi connectivity index (χ3v) is 2.75. The van der Waals surface area contributed by atoms with Gasteiger partial charge in [0, 0.05) is 0 Å². The van der Waals surface area contributed by atoms with Gasteiger partial charge in [-0.15, -0.1) is 0 Å². The van der Waals surface area contributed by atoms with Gasteiger partial charge in [-0.1, -0.05) is 60.7 Å². The van der Waals surface area contributed by atoms with Crippen molar-refractivity contribution in [2.24, 2.45) is 0 Å². The van der Waals surface area contributed by atoms with Gasteiger partial charge in [0.2, 0.25) is 0 Å². The van der Waals surface area contributed by atoms with Crippen LogP contribution in [-0.2, 0) is 4.74 Å². The van der Waals surface area contributed by atoms with Gasteiger partial charge in [-0.3, -0.25) is 0 Å². The summed E-state index contributed by atoms with van der Waals surface area (Å²) in [4.78, 5) is 0. The van der Waals surface area contributed by atoms with Gasteiger partial charge < -0.3 is 4.74 Å². The molecule has 1 aliphatic rings. The van der Waals surface area contributed by atoms with Crippen molar-refractivity contribution in [2.75, 3.05) is 0 Å². The van der Waals surface area contributed by atoms with Crippen molar-refractivity contribution in [2.45, 2.75) is 12.2 Å². The van der Waals surface area contributed by atoms with Crippen LogP contribution in [0.15, 0.2) is 60.7 Å². The van der Waals surface area contributed by atoms with Gasteiger partial charge in [0.15, 0.2) is 0 Å². The first-order valence-electron chi connectivity index (χ1n) is 5.20. The Balaban J connectivity index is 0.000000963. The quantitative estimate of drug-likeness (QED) is 0.562. The molecule has 16 heavy (non-hydrogen) atoms. The SMILES string of the molecule is [MgH2].c1ccc(C2OC2c2ccccc2)cc1. The van der Waals surface area contributed by atoms with Gasteiger partial charge in [0.25, 0.3) is 0 Å². The predicted molar refractivity (Wildman–Crippen MR) is 68.0 cm³/mol. The Bertz CT molecular complexity index is 397. The highest BCUT2D eigenvalue weighted by molar-refractivity contribution is 5.75. The van der Waals surface area contributed by atoms with Gasteiger partial charge in [0.1, 0.15) is 12.2 Å². The summed E-state index contributed by atoms with van der Waals surface area (Å²) in [6.45, 7) is 0. The Hall–Kier alpha value is -0.834. The molecule has 78 valence electrons. The largest absolute Gasteiger partial charge is 0.359 e. The van der Waals surface area contributed by atoms with Gasteiger partial charge in [0.05, 0.1) is 0 Å². The van der Waals surface area contributed by atoms with Crippen molar-refractivity contribution in [1.82, 2.24) is 0 Å². The van der Waals surface area contributed by atoms with Crippen LogP contribution in [0.1, 0.15) is 23.3 Å². The lowest BCUT2D eigenvalue weighted by Gasteiger charge is -1.95. The molecule has 1 heterocycles. The highest BCUT2D eigenvalue weighted by atomic mass is 24.3. The summed E-state index contributed by atoms with van der Waals surface area (Å²) in [6, 6.07) is 20.8. The van der Waals surface area contributed by atoms with Crippen LogP contribution in [0.25, 0.3) is 0 Å². The number of benzene rings is 2. The first kappa shape index (κ1) is 11.6. The van der Waals surface area contributed by atoms with E-state index in [1.165, 1.54) is 11.1 Å². The van der Waals surface area contributed by atoms with E-state index in [9.17, 15) is 0 Å². The topological polar surface area (TPSA) is 12.5 Å². The number of rotatable bonds is 2. The second-order valence-corrected chi connectivity index (χ2v) is 3.80. The van der Waals surface area contributed by atoms with Gasteiger partial charge >= 0.3 is 23.1 Å². The molecule has 0 aliphatic carbocycles. The molecule has 2 atom stereocenters. The Morgan fingerprint density at radius 2 is 1.00 bits per heavy atom. The molecule has 1 aliphatic heterocycles. The van der Waals surface area contributed by atoms with Gasteiger partial charge in [-0.2, -0.15) is 0 Å². The maximum Gasteiger partial charge on any atom is 0.316 e. The molecule has 2 unspecified atom stereocenters. The van der Waals surface area contributed by atoms with E-state index in [0.717, 1.165) is 0 Å². The van der Waals surface area contributed by atoms with E-state index in [1.807, 2.05) is 12.1 Å². The standard InChI is InChI=1S/C14H12O.Mg.2H/c1-3-7-11(8-4-1)13-14(15-13)12-9-5-2-6-10-12;;;/h1-10,13-14H;;;. The summed E-state index contributed by atoms with van der Waals surface area (Å²) in [5.74, 6) is 0. The number of ether oxygens (including phenoxy) is 1. The van der Waals surface area contributed by atoms with Gasteiger partial charge in [-0.25, -0.2) is 0 Å². The lowest BCUT2D eigenvalue weighted by atomic mass is 10.0. The molecule has 0 aromatic heterocycles. The van der Waals surface area contributed by atoms with Crippen LogP contribution in [0, 0.1) is 0 Å². The third kappa shape index (κ3) is 2.29. The Morgan fingerprint density at radius 1 is 0.625 bits per heavy atom. The highest BCUT2D eigenvalue weighted by Crippen LogP contribution is 2.50. The summed E-state index contributed by atoms with van der Waals surface area (Å²) in [5, 5.41) is 0. The molecule has 0 saturated carbocycles. The monoisotopic (exact) mass is 222 g/mol. The van der Waals surface area contributed by atoms with E-state index in [4.69, 9.17) is 4.74 Å². The summed E-state index contributed by atoms with van der Waals surface area (Å²) in [6.07, 6.45) is 0.516. The average molecular weight is 223 g/mol. The van der Waals surface area contributed by atoms with Crippen LogP contribution in [0.2, 0.25) is 0 Å². The van der Waals surface area contributed by atoms with Crippen molar-refractivity contribution in [3.05, 3.63) is 71.8 Å². The molecule has 2 aromatic carbocycles. The van der Waals surface area contributed by atoms with Gasteiger partial charge in [-0.05, 0) is 11.1 Å². The number of hydrogen-bond acceptors (Lipinski definition) is 1. The molecular weight excluding hydrogens is 208 g/mol. The minimum atomic E-state index is 0. The van der Waals surface area contributed by atoms with E-state index in [0.29, 0.717) is 0 Å². The average Bonchev–Trinajstić information content (AvgIpc) is 3.11. The van der Waals surface area contributed by atoms with E-state index in [1.54, 1.807) is 0 Å². The molecule has 2 aromatic rings. The summed E-state index contributed by atoms with van der Waals surface area (Å²) >= 11 is 0. The van der Waals surface area contributed by atoms with Crippen LogP contribution in [0.4, 0.5) is 0 Å².